The number of carbonyl (C=O) groups is 1. The van der Waals surface area contributed by atoms with Crippen LogP contribution in [0.3, 0.4) is 0 Å². The van der Waals surface area contributed by atoms with Gasteiger partial charge in [-0.15, -0.1) is 0 Å². The van der Waals surface area contributed by atoms with Crippen molar-refractivity contribution in [2.45, 2.75) is 19.4 Å². The molecule has 2 rings (SSSR count). The molecule has 0 saturated heterocycles. The minimum absolute atomic E-state index is 0.0298. The van der Waals surface area contributed by atoms with E-state index in [0.29, 0.717) is 12.0 Å². The van der Waals surface area contributed by atoms with E-state index in [-0.39, 0.29) is 17.8 Å². The Morgan fingerprint density at radius 2 is 2.17 bits per heavy atom. The Morgan fingerprint density at radius 1 is 1.44 bits per heavy atom. The van der Waals surface area contributed by atoms with Crippen molar-refractivity contribution in [1.82, 2.24) is 15.5 Å². The topological polar surface area (TPSA) is 57.8 Å². The summed E-state index contributed by atoms with van der Waals surface area (Å²) in [7, 11) is 0. The summed E-state index contributed by atoms with van der Waals surface area (Å²) in [6, 6.07) is 6.24. The quantitative estimate of drug-likeness (QED) is 0.867. The molecule has 4 nitrogen and oxygen atoms in total. The van der Waals surface area contributed by atoms with E-state index >= 15 is 0 Å². The smallest absolute Gasteiger partial charge is 0.254 e. The third kappa shape index (κ3) is 3.16. The summed E-state index contributed by atoms with van der Waals surface area (Å²) >= 11 is 0. The normalized spacial score (nSPS) is 12.1. The Kier molecular flexibility index (Phi) is 3.72. The number of hydrogen-bond acceptors (Lipinski definition) is 2. The van der Waals surface area contributed by atoms with Crippen LogP contribution in [0.4, 0.5) is 4.39 Å². The molecule has 1 aromatic heterocycles. The van der Waals surface area contributed by atoms with E-state index in [1.54, 1.807) is 18.3 Å². The molecule has 0 aliphatic rings. The lowest BCUT2D eigenvalue weighted by molar-refractivity contribution is 0.0940. The van der Waals surface area contributed by atoms with Gasteiger partial charge in [0.05, 0.1) is 11.8 Å². The van der Waals surface area contributed by atoms with Gasteiger partial charge in [0.2, 0.25) is 0 Å². The number of hydrogen-bond donors (Lipinski definition) is 2. The van der Waals surface area contributed by atoms with Crippen LogP contribution < -0.4 is 5.32 Å². The van der Waals surface area contributed by atoms with E-state index in [4.69, 9.17) is 0 Å². The van der Waals surface area contributed by atoms with Gasteiger partial charge < -0.3 is 5.32 Å². The maximum Gasteiger partial charge on any atom is 0.254 e. The summed E-state index contributed by atoms with van der Waals surface area (Å²) in [5, 5.41) is 9.16. The second-order valence-electron chi connectivity index (χ2n) is 4.19. The number of benzene rings is 1. The molecule has 1 aromatic carbocycles. The summed E-state index contributed by atoms with van der Waals surface area (Å²) in [5.74, 6) is -0.424. The van der Waals surface area contributed by atoms with E-state index in [1.807, 2.05) is 6.92 Å². The predicted molar refractivity (Wildman–Crippen MR) is 65.6 cm³/mol. The van der Waals surface area contributed by atoms with E-state index in [1.165, 1.54) is 18.3 Å². The van der Waals surface area contributed by atoms with Gasteiger partial charge in [0, 0.05) is 12.2 Å². The molecular formula is C13H14FN3O. The highest BCUT2D eigenvalue weighted by atomic mass is 19.1. The second kappa shape index (κ2) is 5.44. The van der Waals surface area contributed by atoms with Gasteiger partial charge in [0.15, 0.2) is 0 Å². The first-order valence-corrected chi connectivity index (χ1v) is 5.69. The van der Waals surface area contributed by atoms with Crippen LogP contribution in [0.25, 0.3) is 0 Å². The number of aromatic amines is 1. The van der Waals surface area contributed by atoms with Crippen molar-refractivity contribution in [3.63, 3.8) is 0 Å². The molecule has 94 valence electrons. The van der Waals surface area contributed by atoms with Crippen molar-refractivity contribution in [3.05, 3.63) is 53.6 Å². The Labute approximate surface area is 104 Å². The molecule has 2 N–H and O–H groups in total. The van der Waals surface area contributed by atoms with Gasteiger partial charge in [-0.2, -0.15) is 5.10 Å². The number of amides is 1. The fraction of sp³-hybridized carbons (Fsp3) is 0.231. The second-order valence-corrected chi connectivity index (χ2v) is 4.19. The van der Waals surface area contributed by atoms with Crippen molar-refractivity contribution in [1.29, 1.82) is 0 Å². The van der Waals surface area contributed by atoms with Crippen LogP contribution in [0.5, 0.6) is 0 Å². The molecular weight excluding hydrogens is 233 g/mol. The molecule has 0 fully saturated rings. The molecule has 0 saturated carbocycles. The molecule has 0 radical (unpaired) electrons. The highest BCUT2D eigenvalue weighted by Crippen LogP contribution is 2.06. The van der Waals surface area contributed by atoms with Gasteiger partial charge in [0.25, 0.3) is 5.91 Å². The lowest BCUT2D eigenvalue weighted by Gasteiger charge is -2.13. The number of carbonyl (C=O) groups excluding carboxylic acids is 1. The summed E-state index contributed by atoms with van der Waals surface area (Å²) in [6.07, 6.45) is 3.67. The number of nitrogens with zero attached hydrogens (tertiary/aromatic N) is 1. The zero-order valence-corrected chi connectivity index (χ0v) is 9.98. The fourth-order valence-electron chi connectivity index (χ4n) is 1.71. The Bertz CT molecular complexity index is 508. The molecule has 1 heterocycles. The van der Waals surface area contributed by atoms with Crippen LogP contribution >= 0.6 is 0 Å². The van der Waals surface area contributed by atoms with Crippen LogP contribution in [-0.4, -0.2) is 22.1 Å². The van der Waals surface area contributed by atoms with Crippen LogP contribution in [-0.2, 0) is 6.42 Å². The summed E-state index contributed by atoms with van der Waals surface area (Å²) < 4.78 is 12.7. The maximum atomic E-state index is 12.7. The summed E-state index contributed by atoms with van der Waals surface area (Å²) in [4.78, 5) is 11.7. The number of rotatable bonds is 4. The largest absolute Gasteiger partial charge is 0.349 e. The third-order valence-electron chi connectivity index (χ3n) is 2.59. The Balaban J connectivity index is 1.90. The molecule has 1 unspecified atom stereocenters. The highest BCUT2D eigenvalue weighted by molar-refractivity contribution is 5.93. The summed E-state index contributed by atoms with van der Waals surface area (Å²) in [6.45, 7) is 1.90. The van der Waals surface area contributed by atoms with E-state index in [2.05, 4.69) is 15.5 Å². The molecule has 0 aliphatic carbocycles. The molecule has 18 heavy (non-hydrogen) atoms. The van der Waals surface area contributed by atoms with E-state index in [9.17, 15) is 9.18 Å². The first-order valence-electron chi connectivity index (χ1n) is 5.69. The van der Waals surface area contributed by atoms with Crippen LogP contribution in [0.15, 0.2) is 36.7 Å². The van der Waals surface area contributed by atoms with Gasteiger partial charge in [-0.25, -0.2) is 4.39 Å². The average molecular weight is 247 g/mol. The van der Waals surface area contributed by atoms with Crippen LogP contribution in [0.1, 0.15) is 22.8 Å². The maximum absolute atomic E-state index is 12.7. The van der Waals surface area contributed by atoms with Gasteiger partial charge in [-0.1, -0.05) is 12.1 Å². The van der Waals surface area contributed by atoms with Crippen LogP contribution in [0, 0.1) is 5.82 Å². The van der Waals surface area contributed by atoms with Gasteiger partial charge in [0.1, 0.15) is 5.82 Å². The van der Waals surface area contributed by atoms with Gasteiger partial charge in [-0.3, -0.25) is 9.89 Å². The zero-order valence-electron chi connectivity index (χ0n) is 9.98. The van der Waals surface area contributed by atoms with Crippen molar-refractivity contribution in [2.75, 3.05) is 0 Å². The molecule has 0 spiro atoms. The molecule has 1 amide bonds. The van der Waals surface area contributed by atoms with Crippen molar-refractivity contribution in [3.8, 4) is 0 Å². The molecule has 1 atom stereocenters. The van der Waals surface area contributed by atoms with E-state index in [0.717, 1.165) is 5.56 Å². The lowest BCUT2D eigenvalue weighted by atomic mass is 10.1. The molecule has 5 heteroatoms. The van der Waals surface area contributed by atoms with E-state index < -0.39 is 0 Å². The number of nitrogens with one attached hydrogen (secondary N) is 2. The monoisotopic (exact) mass is 247 g/mol. The highest BCUT2D eigenvalue weighted by Gasteiger charge is 2.10. The molecule has 0 bridgehead atoms. The molecule has 0 aliphatic heterocycles. The first kappa shape index (κ1) is 12.3. The SMILES string of the molecule is CC(Cc1ccc(F)cc1)NC(=O)c1cn[nH]c1. The average Bonchev–Trinajstić information content (AvgIpc) is 2.85. The predicted octanol–water partition coefficient (Wildman–Crippen LogP) is 1.91. The van der Waals surface area contributed by atoms with Crippen molar-refractivity contribution in [2.24, 2.45) is 0 Å². The van der Waals surface area contributed by atoms with Crippen molar-refractivity contribution >= 4 is 5.91 Å². The van der Waals surface area contributed by atoms with Crippen molar-refractivity contribution < 1.29 is 9.18 Å². The van der Waals surface area contributed by atoms with Crippen LogP contribution in [0.2, 0.25) is 0 Å². The van der Waals surface area contributed by atoms with Gasteiger partial charge >= 0.3 is 0 Å². The standard InChI is InChI=1S/C13H14FN3O/c1-9(6-10-2-4-12(14)5-3-10)17-13(18)11-7-15-16-8-11/h2-5,7-9H,6H2,1H3,(H,15,16)(H,17,18). The minimum Gasteiger partial charge on any atom is -0.349 e. The number of halogens is 1. The molecule has 2 aromatic rings. The fourth-order valence-corrected chi connectivity index (χ4v) is 1.71. The summed E-state index contributed by atoms with van der Waals surface area (Å²) in [5.41, 5.74) is 1.48. The number of H-pyrrole nitrogens is 1. The Morgan fingerprint density at radius 3 is 2.78 bits per heavy atom. The minimum atomic E-state index is -0.256. The number of aromatic nitrogens is 2. The zero-order chi connectivity index (χ0) is 13.0. The lowest BCUT2D eigenvalue weighted by Crippen LogP contribution is -2.33. The van der Waals surface area contributed by atoms with Gasteiger partial charge in [-0.05, 0) is 31.0 Å². The first-order chi connectivity index (χ1) is 8.65. The Hall–Kier alpha value is -2.17. The third-order valence-corrected chi connectivity index (χ3v) is 2.59.